The van der Waals surface area contributed by atoms with E-state index in [9.17, 15) is 0 Å². The maximum atomic E-state index is 6.52. The Morgan fingerprint density at radius 3 is 1.06 bits per heavy atom. The third-order valence-electron chi connectivity index (χ3n) is 19.7. The van der Waals surface area contributed by atoms with Crippen molar-refractivity contribution in [2.24, 2.45) is 0 Å². The number of hydrogen-bond donors (Lipinski definition) is 0. The van der Waals surface area contributed by atoms with Crippen LogP contribution >= 0.6 is 15.9 Å². The number of fused-ring (bicyclic) bond motifs is 4. The second-order valence-electron chi connectivity index (χ2n) is 27.4. The average molecular weight is 1460 g/mol. The predicted molar refractivity (Wildman–Crippen MR) is 439 cm³/mol. The number of aromatic nitrogens is 8. The lowest BCUT2D eigenvalue weighted by atomic mass is 9.77. The molecule has 0 radical (unpaired) electrons. The van der Waals surface area contributed by atoms with E-state index in [4.69, 9.17) is 53.0 Å². The zero-order valence-electron chi connectivity index (χ0n) is 59.5. The Balaban J connectivity index is 0.000000126. The fourth-order valence-corrected chi connectivity index (χ4v) is 13.7. The lowest BCUT2D eigenvalue weighted by Gasteiger charge is -2.32. The molecule has 0 spiro atoms. The topological polar surface area (TPSA) is 148 Å². The van der Waals surface area contributed by atoms with E-state index in [-0.39, 0.29) is 0 Å². The lowest BCUT2D eigenvalue weighted by Crippen LogP contribution is -2.41. The van der Waals surface area contributed by atoms with Crippen molar-refractivity contribution in [3.8, 4) is 125 Å². The van der Waals surface area contributed by atoms with Crippen molar-refractivity contribution in [2.75, 3.05) is 0 Å². The molecular weight excluding hydrogens is 1400 g/mol. The summed E-state index contributed by atoms with van der Waals surface area (Å²) in [7, 11) is -0.492. The first-order chi connectivity index (χ1) is 52.9. The van der Waals surface area contributed by atoms with Gasteiger partial charge in [-0.1, -0.05) is 301 Å². The minimum atomic E-state index is -0.492. The number of hydrogen-bond acceptors (Lipinski definition) is 12. The van der Waals surface area contributed by atoms with E-state index in [0.717, 1.165) is 110 Å². The molecule has 18 aromatic rings. The zero-order valence-corrected chi connectivity index (χ0v) is 61.1. The molecule has 0 bridgehead atoms. The SMILES string of the molecule is Brc1ccc(-c2nc(-c3ccccc3)nc(-c3ccccc3)n2)cc1.CC1(C)OB(c2cc(-c3cccc4ccccc34)c3nc(-c4ccccc4)oc3c2)OC1(C)C.c1ccc(-c2nc(-c3ccccc3)nc(-c3ccc(-c4cc(-c5cccc6ccccc56)c5oc(-c6ccccc6)nc5c4)cc3)n2)cc1. The highest BCUT2D eigenvalue weighted by Crippen LogP contribution is 2.43. The van der Waals surface area contributed by atoms with Crippen molar-refractivity contribution in [1.29, 1.82) is 0 Å². The second-order valence-corrected chi connectivity index (χ2v) is 28.3. The largest absolute Gasteiger partial charge is 0.494 e. The summed E-state index contributed by atoms with van der Waals surface area (Å²) in [6.07, 6.45) is 0. The third-order valence-corrected chi connectivity index (χ3v) is 20.2. The van der Waals surface area contributed by atoms with E-state index in [0.29, 0.717) is 52.3 Å². The van der Waals surface area contributed by atoms with Crippen LogP contribution in [0.4, 0.5) is 0 Å². The van der Waals surface area contributed by atoms with Crippen molar-refractivity contribution in [3.63, 3.8) is 0 Å². The van der Waals surface area contributed by atoms with Crippen molar-refractivity contribution in [3.05, 3.63) is 344 Å². The van der Waals surface area contributed by atoms with E-state index in [1.54, 1.807) is 0 Å². The van der Waals surface area contributed by atoms with Crippen LogP contribution in [0.1, 0.15) is 27.7 Å². The van der Waals surface area contributed by atoms with Gasteiger partial charge in [0.2, 0.25) is 11.8 Å². The highest BCUT2D eigenvalue weighted by atomic mass is 79.9. The number of oxazole rings is 2. The molecule has 1 aliphatic heterocycles. The molecule has 0 atom stereocenters. The molecule has 1 fully saturated rings. The van der Waals surface area contributed by atoms with Crippen molar-refractivity contribution in [1.82, 2.24) is 39.9 Å². The molecule has 0 N–H and O–H groups in total. The van der Waals surface area contributed by atoms with Crippen LogP contribution in [0.5, 0.6) is 0 Å². The van der Waals surface area contributed by atoms with Crippen LogP contribution in [-0.4, -0.2) is 58.2 Å². The predicted octanol–water partition coefficient (Wildman–Crippen LogP) is 23.4. The molecule has 0 saturated carbocycles. The minimum Gasteiger partial charge on any atom is -0.436 e. The van der Waals surface area contributed by atoms with Crippen LogP contribution in [-0.2, 0) is 9.31 Å². The molecule has 14 aromatic carbocycles. The van der Waals surface area contributed by atoms with Gasteiger partial charge >= 0.3 is 7.12 Å². The molecule has 1 aliphatic rings. The zero-order chi connectivity index (χ0) is 73.1. The highest BCUT2D eigenvalue weighted by Gasteiger charge is 2.52. The summed E-state index contributed by atoms with van der Waals surface area (Å²) in [5.74, 6) is 5.11. The van der Waals surface area contributed by atoms with Gasteiger partial charge in [-0.3, -0.25) is 0 Å². The van der Waals surface area contributed by atoms with Crippen molar-refractivity contribution in [2.45, 2.75) is 38.9 Å². The fourth-order valence-electron chi connectivity index (χ4n) is 13.4. The standard InChI is InChI=1S/C44H28N4O.C29H26BNO3.C21H14BrN3/c1-4-14-31(15-5-1)41-46-42(32-16-6-2-7-17-32)48-43(47-41)33-25-23-29(24-26-33)35-27-38(37-22-12-20-30-13-10-11-21-36(30)37)40-39(28-35)45-44(49-40)34-18-8-3-9-19-34;1-28(2)29(3,4)34-30(33-28)21-17-24(23-16-10-14-19-11-8-9-15-22(19)23)26-25(18-21)32-27(31-26)20-12-6-5-7-13-20;22-18-13-11-17(12-14-18)21-24-19(15-7-3-1-4-8-15)23-20(25-21)16-9-5-2-6-10-16/h1-28H;5-18H,1-4H3;1-14H. The maximum absolute atomic E-state index is 6.52. The first kappa shape index (κ1) is 68.2. The smallest absolute Gasteiger partial charge is 0.436 e. The minimum absolute atomic E-state index is 0.428. The summed E-state index contributed by atoms with van der Waals surface area (Å²) in [5, 5.41) is 4.69. The van der Waals surface area contributed by atoms with Gasteiger partial charge in [0.1, 0.15) is 11.0 Å². The first-order valence-electron chi connectivity index (χ1n) is 35.8. The van der Waals surface area contributed by atoms with E-state index in [2.05, 4.69) is 176 Å². The van der Waals surface area contributed by atoms with Crippen LogP contribution in [0.2, 0.25) is 0 Å². The van der Waals surface area contributed by atoms with Crippen LogP contribution < -0.4 is 5.46 Å². The summed E-state index contributed by atoms with van der Waals surface area (Å²) in [6, 6.07) is 115. The summed E-state index contributed by atoms with van der Waals surface area (Å²) < 4.78 is 26.6. The van der Waals surface area contributed by atoms with E-state index >= 15 is 0 Å². The van der Waals surface area contributed by atoms with Gasteiger partial charge in [0.15, 0.2) is 46.1 Å². The Morgan fingerprint density at radius 2 is 0.630 bits per heavy atom. The molecule has 19 rings (SSSR count). The number of nitrogens with zero attached hydrogens (tertiary/aromatic N) is 8. The Labute approximate surface area is 633 Å². The molecule has 4 aromatic heterocycles. The van der Waals surface area contributed by atoms with E-state index in [1.807, 2.05) is 212 Å². The van der Waals surface area contributed by atoms with Gasteiger partial charge < -0.3 is 18.1 Å². The van der Waals surface area contributed by atoms with Gasteiger partial charge in [-0.25, -0.2) is 39.9 Å². The van der Waals surface area contributed by atoms with Gasteiger partial charge in [0.05, 0.1) is 11.2 Å². The summed E-state index contributed by atoms with van der Waals surface area (Å²) in [4.78, 5) is 38.7. The number of halogens is 1. The molecule has 0 amide bonds. The number of benzene rings is 14. The summed E-state index contributed by atoms with van der Waals surface area (Å²) >= 11 is 3.47. The van der Waals surface area contributed by atoms with Crippen LogP contribution in [0.25, 0.3) is 168 Å². The van der Waals surface area contributed by atoms with Gasteiger partial charge in [-0.2, -0.15) is 0 Å². The number of rotatable bonds is 12. The molecular formula is C94H68BBrN8O4. The average Bonchev–Trinajstić information content (AvgIpc) is 1.55. The Bertz CT molecular complexity index is 6110. The first-order valence-corrected chi connectivity index (χ1v) is 36.6. The molecule has 108 heavy (non-hydrogen) atoms. The fraction of sp³-hybridized carbons (Fsp3) is 0.0638. The van der Waals surface area contributed by atoms with Crippen molar-refractivity contribution < 1.29 is 18.1 Å². The normalized spacial score (nSPS) is 12.9. The van der Waals surface area contributed by atoms with Gasteiger partial charge in [0.25, 0.3) is 0 Å². The molecule has 0 aliphatic carbocycles. The van der Waals surface area contributed by atoms with Gasteiger partial charge in [-0.15, -0.1) is 0 Å². The molecule has 12 nitrogen and oxygen atoms in total. The van der Waals surface area contributed by atoms with Crippen LogP contribution in [0.3, 0.4) is 0 Å². The monoisotopic (exact) mass is 1460 g/mol. The Morgan fingerprint density at radius 1 is 0.278 bits per heavy atom. The quantitative estimate of drug-likeness (QED) is 0.107. The lowest BCUT2D eigenvalue weighted by molar-refractivity contribution is 0.00578. The van der Waals surface area contributed by atoms with E-state index in [1.165, 1.54) is 16.2 Å². The molecule has 14 heteroatoms. The second kappa shape index (κ2) is 29.5. The molecule has 518 valence electrons. The molecule has 0 unspecified atom stereocenters. The Kier molecular flexibility index (Phi) is 18.6. The maximum Gasteiger partial charge on any atom is 0.494 e. The third kappa shape index (κ3) is 14.1. The molecule has 5 heterocycles. The Hall–Kier alpha value is -13.0. The van der Waals surface area contributed by atoms with Crippen LogP contribution in [0, 0.1) is 0 Å². The van der Waals surface area contributed by atoms with Gasteiger partial charge in [-0.05, 0) is 132 Å². The molecule has 1 saturated heterocycles. The summed E-state index contributed by atoms with van der Waals surface area (Å²) in [5.41, 5.74) is 17.1. The highest BCUT2D eigenvalue weighted by molar-refractivity contribution is 9.10. The van der Waals surface area contributed by atoms with Crippen LogP contribution in [0.15, 0.2) is 353 Å². The van der Waals surface area contributed by atoms with Crippen molar-refractivity contribution >= 4 is 72.3 Å². The van der Waals surface area contributed by atoms with Gasteiger partial charge in [0, 0.05) is 60.1 Å². The summed E-state index contributed by atoms with van der Waals surface area (Å²) in [6.45, 7) is 8.27. The van der Waals surface area contributed by atoms with E-state index < -0.39 is 18.3 Å².